The molecule has 2 aromatic carbocycles. The summed E-state index contributed by atoms with van der Waals surface area (Å²) >= 11 is 0. The molecule has 0 unspecified atom stereocenters. The minimum Gasteiger partial charge on any atom is -0.480 e. The zero-order chi connectivity index (χ0) is 17.2. The van der Waals surface area contributed by atoms with E-state index in [9.17, 15) is 9.90 Å². The molecule has 0 saturated heterocycles. The number of H-pyrrole nitrogens is 1. The Hall–Kier alpha value is -3.12. The number of hydrogen-bond donors (Lipinski definition) is 3. The van der Waals surface area contributed by atoms with Gasteiger partial charge in [0.2, 0.25) is 0 Å². The number of carbonyl (C=O) groups is 1. The quantitative estimate of drug-likeness (QED) is 0.682. The van der Waals surface area contributed by atoms with Gasteiger partial charge in [0.1, 0.15) is 17.5 Å². The second-order valence-corrected chi connectivity index (χ2v) is 5.95. The number of imidazole rings is 1. The van der Waals surface area contributed by atoms with E-state index in [1.165, 1.54) is 0 Å². The summed E-state index contributed by atoms with van der Waals surface area (Å²) in [6.45, 7) is 0. The maximum atomic E-state index is 11.4. The van der Waals surface area contributed by atoms with Crippen LogP contribution in [-0.2, 0) is 11.2 Å². The van der Waals surface area contributed by atoms with Crippen LogP contribution in [0, 0.1) is 0 Å². The minimum absolute atomic E-state index is 0.296. The highest BCUT2D eigenvalue weighted by atomic mass is 16.5. The monoisotopic (exact) mass is 335 g/mol. The molecule has 1 aliphatic heterocycles. The third-order valence-corrected chi connectivity index (χ3v) is 4.27. The van der Waals surface area contributed by atoms with Crippen LogP contribution in [0.3, 0.4) is 0 Å². The second-order valence-electron chi connectivity index (χ2n) is 5.95. The van der Waals surface area contributed by atoms with Crippen molar-refractivity contribution in [1.82, 2.24) is 15.3 Å². The Kier molecular flexibility index (Phi) is 3.95. The molecular formula is C19H17N3O3. The van der Waals surface area contributed by atoms with Crippen molar-refractivity contribution in [1.29, 1.82) is 0 Å². The van der Waals surface area contributed by atoms with Gasteiger partial charge in [0.25, 0.3) is 0 Å². The van der Waals surface area contributed by atoms with E-state index >= 15 is 0 Å². The Morgan fingerprint density at radius 3 is 2.72 bits per heavy atom. The summed E-state index contributed by atoms with van der Waals surface area (Å²) in [5.74, 6) is 0.571. The third kappa shape index (κ3) is 3.12. The Labute approximate surface area is 144 Å². The van der Waals surface area contributed by atoms with Crippen molar-refractivity contribution in [2.45, 2.75) is 18.5 Å². The molecule has 1 aromatic heterocycles. The highest BCUT2D eigenvalue weighted by molar-refractivity contribution is 5.74. The van der Waals surface area contributed by atoms with Gasteiger partial charge in [-0.25, -0.2) is 4.98 Å². The van der Waals surface area contributed by atoms with Gasteiger partial charge < -0.3 is 14.8 Å². The zero-order valence-electron chi connectivity index (χ0n) is 13.3. The van der Waals surface area contributed by atoms with E-state index in [0.717, 1.165) is 22.7 Å². The molecule has 0 radical (unpaired) electrons. The topological polar surface area (TPSA) is 87.2 Å². The summed E-state index contributed by atoms with van der Waals surface area (Å²) in [6, 6.07) is 16.2. The number of aliphatic carboxylic acids is 1. The van der Waals surface area contributed by atoms with E-state index in [1.54, 1.807) is 6.33 Å². The van der Waals surface area contributed by atoms with E-state index in [-0.39, 0.29) is 6.04 Å². The second kappa shape index (κ2) is 6.41. The average molecular weight is 335 g/mol. The van der Waals surface area contributed by atoms with Gasteiger partial charge in [0.15, 0.2) is 0 Å². The summed E-state index contributed by atoms with van der Waals surface area (Å²) in [7, 11) is 0. The van der Waals surface area contributed by atoms with Crippen LogP contribution in [0.2, 0.25) is 0 Å². The number of nitrogens with one attached hydrogen (secondary N) is 2. The molecule has 0 bridgehead atoms. The molecule has 3 N–H and O–H groups in total. The standard InChI is InChI=1S/C19H17N3O3/c23-19(24)16-10-15-18(21-11-20-15)17(22-16)12-5-4-8-14(9-12)25-13-6-2-1-3-7-13/h1-9,11,16-17,22H,10H2,(H,20,21)(H,23,24)/t16-,17+/m1/s1. The summed E-state index contributed by atoms with van der Waals surface area (Å²) in [5.41, 5.74) is 2.59. The summed E-state index contributed by atoms with van der Waals surface area (Å²) < 4.78 is 5.88. The van der Waals surface area contributed by atoms with E-state index < -0.39 is 12.0 Å². The number of rotatable bonds is 4. The number of ether oxygens (including phenoxy) is 1. The van der Waals surface area contributed by atoms with Gasteiger partial charge in [-0.15, -0.1) is 0 Å². The van der Waals surface area contributed by atoms with Crippen LogP contribution in [0.1, 0.15) is 23.0 Å². The Morgan fingerprint density at radius 1 is 1.12 bits per heavy atom. The predicted octanol–water partition coefficient (Wildman–Crippen LogP) is 2.89. The van der Waals surface area contributed by atoms with Gasteiger partial charge >= 0.3 is 5.97 Å². The molecule has 126 valence electrons. The predicted molar refractivity (Wildman–Crippen MR) is 91.7 cm³/mol. The van der Waals surface area contributed by atoms with Crippen LogP contribution in [0.4, 0.5) is 0 Å². The fourth-order valence-corrected chi connectivity index (χ4v) is 3.08. The molecule has 1 aliphatic rings. The summed E-state index contributed by atoms with van der Waals surface area (Å²) in [6.07, 6.45) is 2.00. The van der Waals surface area contributed by atoms with E-state index in [0.29, 0.717) is 12.2 Å². The molecule has 0 spiro atoms. The largest absolute Gasteiger partial charge is 0.480 e. The van der Waals surface area contributed by atoms with Crippen molar-refractivity contribution < 1.29 is 14.6 Å². The van der Waals surface area contributed by atoms with E-state index in [4.69, 9.17) is 4.74 Å². The van der Waals surface area contributed by atoms with E-state index in [2.05, 4.69) is 15.3 Å². The van der Waals surface area contributed by atoms with Crippen LogP contribution >= 0.6 is 0 Å². The first-order chi connectivity index (χ1) is 12.2. The number of hydrogen-bond acceptors (Lipinski definition) is 4. The molecule has 0 saturated carbocycles. The summed E-state index contributed by atoms with van der Waals surface area (Å²) in [5, 5.41) is 12.6. The Morgan fingerprint density at radius 2 is 1.92 bits per heavy atom. The molecule has 0 amide bonds. The Bertz CT molecular complexity index is 892. The lowest BCUT2D eigenvalue weighted by molar-refractivity contribution is -0.139. The van der Waals surface area contributed by atoms with Crippen LogP contribution in [-0.4, -0.2) is 27.1 Å². The number of nitrogens with zero attached hydrogens (tertiary/aromatic N) is 1. The first-order valence-corrected chi connectivity index (χ1v) is 8.04. The maximum Gasteiger partial charge on any atom is 0.321 e. The fraction of sp³-hybridized carbons (Fsp3) is 0.158. The highest BCUT2D eigenvalue weighted by Crippen LogP contribution is 2.31. The zero-order valence-corrected chi connectivity index (χ0v) is 13.3. The van der Waals surface area contributed by atoms with Crippen molar-refractivity contribution in [3.05, 3.63) is 77.9 Å². The molecular weight excluding hydrogens is 318 g/mol. The molecule has 2 heterocycles. The first kappa shape index (κ1) is 15.4. The molecule has 0 aliphatic carbocycles. The van der Waals surface area contributed by atoms with Crippen LogP contribution in [0.5, 0.6) is 11.5 Å². The molecule has 6 nitrogen and oxygen atoms in total. The number of aromatic amines is 1. The SMILES string of the molecule is O=C(O)[C@H]1Cc2[nH]cnc2[C@H](c2cccc(Oc3ccccc3)c2)N1. The van der Waals surface area contributed by atoms with Gasteiger partial charge in [0, 0.05) is 12.1 Å². The molecule has 6 heteroatoms. The van der Waals surface area contributed by atoms with Crippen molar-refractivity contribution in [2.24, 2.45) is 0 Å². The van der Waals surface area contributed by atoms with Gasteiger partial charge in [-0.3, -0.25) is 10.1 Å². The normalized spacial score (nSPS) is 19.2. The Balaban J connectivity index is 1.65. The van der Waals surface area contributed by atoms with E-state index in [1.807, 2.05) is 54.6 Å². The van der Waals surface area contributed by atoms with Crippen LogP contribution in [0.15, 0.2) is 60.9 Å². The molecule has 25 heavy (non-hydrogen) atoms. The van der Waals surface area contributed by atoms with Crippen molar-refractivity contribution in [2.75, 3.05) is 0 Å². The average Bonchev–Trinajstić information content (AvgIpc) is 3.10. The lowest BCUT2D eigenvalue weighted by atomic mass is 9.94. The molecule has 4 rings (SSSR count). The van der Waals surface area contributed by atoms with Gasteiger partial charge in [-0.1, -0.05) is 30.3 Å². The number of carboxylic acid groups (broad SMARTS) is 1. The highest BCUT2D eigenvalue weighted by Gasteiger charge is 2.33. The number of aromatic nitrogens is 2. The minimum atomic E-state index is -0.873. The molecule has 2 atom stereocenters. The number of benzene rings is 2. The molecule has 3 aromatic rings. The van der Waals surface area contributed by atoms with Crippen molar-refractivity contribution in [3.63, 3.8) is 0 Å². The van der Waals surface area contributed by atoms with Gasteiger partial charge in [-0.05, 0) is 29.8 Å². The third-order valence-electron chi connectivity index (χ3n) is 4.27. The number of para-hydroxylation sites is 1. The number of fused-ring (bicyclic) bond motifs is 1. The van der Waals surface area contributed by atoms with Crippen molar-refractivity contribution in [3.8, 4) is 11.5 Å². The van der Waals surface area contributed by atoms with Crippen LogP contribution in [0.25, 0.3) is 0 Å². The lowest BCUT2D eigenvalue weighted by Crippen LogP contribution is -2.45. The molecule has 0 fully saturated rings. The first-order valence-electron chi connectivity index (χ1n) is 8.04. The van der Waals surface area contributed by atoms with Crippen LogP contribution < -0.4 is 10.1 Å². The van der Waals surface area contributed by atoms with Gasteiger partial charge in [-0.2, -0.15) is 0 Å². The lowest BCUT2D eigenvalue weighted by Gasteiger charge is -2.28. The van der Waals surface area contributed by atoms with Gasteiger partial charge in [0.05, 0.1) is 18.1 Å². The fourth-order valence-electron chi connectivity index (χ4n) is 3.08. The number of carboxylic acids is 1. The smallest absolute Gasteiger partial charge is 0.321 e. The van der Waals surface area contributed by atoms with Crippen molar-refractivity contribution >= 4 is 5.97 Å². The summed E-state index contributed by atoms with van der Waals surface area (Å²) in [4.78, 5) is 18.9. The maximum absolute atomic E-state index is 11.4.